The predicted molar refractivity (Wildman–Crippen MR) is 187 cm³/mol. The SMILES string of the molecule is CCC(CC)/C(O)=C/C(=O)C(C)(C)F.Cc1c([Te]C2CCCCC2)sc2c(-c3[c-]c4ccccc4c(C(C)C)c3)nccc12.[Ir]. The fourth-order valence-electron chi connectivity index (χ4n) is 5.76. The Morgan fingerprint density at radius 3 is 2.42 bits per heavy atom. The Balaban J connectivity index is 0.000000316. The smallest absolute Gasteiger partial charge is 0 e. The molecule has 1 fully saturated rings. The first kappa shape index (κ1) is 37.8. The van der Waals surface area contributed by atoms with Crippen molar-refractivity contribution in [3.63, 3.8) is 0 Å². The maximum atomic E-state index is 13.1. The van der Waals surface area contributed by atoms with E-state index < -0.39 is 11.5 Å². The van der Waals surface area contributed by atoms with Gasteiger partial charge in [0, 0.05) is 32.1 Å². The van der Waals surface area contributed by atoms with Crippen molar-refractivity contribution in [1.29, 1.82) is 0 Å². The van der Waals surface area contributed by atoms with Gasteiger partial charge < -0.3 is 5.11 Å². The number of alkyl halides is 1. The molecule has 4 aromatic rings. The molecule has 1 aliphatic rings. The van der Waals surface area contributed by atoms with Crippen LogP contribution in [-0.2, 0) is 24.9 Å². The van der Waals surface area contributed by atoms with Gasteiger partial charge in [0.15, 0.2) is 11.5 Å². The van der Waals surface area contributed by atoms with Crippen LogP contribution in [-0.4, -0.2) is 42.5 Å². The van der Waals surface area contributed by atoms with Crippen LogP contribution in [0.2, 0.25) is 3.97 Å². The maximum absolute atomic E-state index is 13.1. The largest absolute Gasteiger partial charge is 0 e. The third-order valence-electron chi connectivity index (χ3n) is 8.59. The van der Waals surface area contributed by atoms with E-state index in [1.807, 2.05) is 31.4 Å². The van der Waals surface area contributed by atoms with Crippen molar-refractivity contribution in [2.24, 2.45) is 5.92 Å². The first-order valence-electron chi connectivity index (χ1n) is 16.1. The van der Waals surface area contributed by atoms with Gasteiger partial charge in [0.2, 0.25) is 0 Å². The average molecular weight is 921 g/mol. The summed E-state index contributed by atoms with van der Waals surface area (Å²) < 4.78 is 17.2. The molecule has 7 heteroatoms. The van der Waals surface area contributed by atoms with E-state index in [1.54, 1.807) is 2.93 Å². The number of ketones is 1. The van der Waals surface area contributed by atoms with E-state index in [9.17, 15) is 14.3 Å². The van der Waals surface area contributed by atoms with E-state index in [4.69, 9.17) is 4.98 Å². The van der Waals surface area contributed by atoms with Crippen molar-refractivity contribution in [3.8, 4) is 11.3 Å². The molecule has 5 rings (SSSR count). The second-order valence-corrected chi connectivity index (χ2v) is 18.3. The zero-order chi connectivity index (χ0) is 32.0. The summed E-state index contributed by atoms with van der Waals surface area (Å²) in [5.74, 6) is -0.254. The molecular formula is C38H47FIrNO2STe-. The number of benzene rings is 2. The van der Waals surface area contributed by atoms with Gasteiger partial charge in [-0.05, 0) is 26.7 Å². The number of thiophene rings is 1. The third kappa shape index (κ3) is 9.48. The molecule has 1 aliphatic carbocycles. The standard InChI is InChI=1S/C27H28NSTe.C11H19FO2.Ir/c1-17(2)24-16-20(15-19-9-7-8-12-23(19)24)25-26-22(13-14-28-25)18(3)27(29-26)30-21-10-5-4-6-11-21;1-5-8(6-2)9(13)7-10(14)11(3,4)12;/h7-9,12-14,16-17,21H,4-6,10-11H2,1-3H3;7-8,13H,5-6H2,1-4H3;/q-1;;/b;9-7-;. The molecule has 0 saturated heterocycles. The zero-order valence-corrected chi connectivity index (χ0v) is 33.2. The van der Waals surface area contributed by atoms with Crippen molar-refractivity contribution in [1.82, 2.24) is 4.98 Å². The summed E-state index contributed by atoms with van der Waals surface area (Å²) >= 11 is 1.91. The molecule has 0 aliphatic heterocycles. The minimum absolute atomic E-state index is 0. The Labute approximate surface area is 296 Å². The van der Waals surface area contributed by atoms with Crippen LogP contribution in [0.3, 0.4) is 0 Å². The number of pyridine rings is 1. The average Bonchev–Trinajstić information content (AvgIpc) is 3.32. The number of hydrogen-bond donors (Lipinski definition) is 1. The van der Waals surface area contributed by atoms with Gasteiger partial charge in [0.1, 0.15) is 0 Å². The molecule has 2 heterocycles. The number of aliphatic hydroxyl groups is 1. The number of halogens is 1. The Kier molecular flexibility index (Phi) is 14.3. The summed E-state index contributed by atoms with van der Waals surface area (Å²) in [6.07, 6.45) is 11.7. The van der Waals surface area contributed by atoms with Gasteiger partial charge in [-0.1, -0.05) is 13.8 Å². The van der Waals surface area contributed by atoms with E-state index in [1.165, 1.54) is 77.9 Å². The van der Waals surface area contributed by atoms with Gasteiger partial charge in [-0.15, -0.1) is 0 Å². The quantitative estimate of drug-likeness (QED) is 0.0788. The van der Waals surface area contributed by atoms with Crippen molar-refractivity contribution in [2.75, 3.05) is 0 Å². The van der Waals surface area contributed by atoms with Gasteiger partial charge in [0.05, 0.1) is 5.76 Å². The Morgan fingerprint density at radius 1 is 1.13 bits per heavy atom. The number of rotatable bonds is 9. The summed E-state index contributed by atoms with van der Waals surface area (Å²) in [4.78, 5) is 16.1. The van der Waals surface area contributed by atoms with Gasteiger partial charge in [-0.3, -0.25) is 4.79 Å². The van der Waals surface area contributed by atoms with Crippen molar-refractivity contribution in [2.45, 2.75) is 109 Å². The maximum Gasteiger partial charge on any atom is 0 e. The van der Waals surface area contributed by atoms with E-state index in [-0.39, 0.29) is 52.7 Å². The number of carbonyl (C=O) groups is 1. The van der Waals surface area contributed by atoms with E-state index in [0.717, 1.165) is 34.1 Å². The fraction of sp³-hybridized carbons (Fsp3) is 0.474. The van der Waals surface area contributed by atoms with Crippen molar-refractivity contribution in [3.05, 3.63) is 71.6 Å². The molecule has 1 N–H and O–H groups in total. The molecule has 0 unspecified atom stereocenters. The van der Waals surface area contributed by atoms with E-state index in [2.05, 4.69) is 63.2 Å². The topological polar surface area (TPSA) is 50.2 Å². The van der Waals surface area contributed by atoms with Crippen molar-refractivity contribution < 1.29 is 34.4 Å². The van der Waals surface area contributed by atoms with Crippen LogP contribution in [0.25, 0.3) is 32.1 Å². The Bertz CT molecular complexity index is 1610. The minimum atomic E-state index is -1.90. The number of allylic oxidation sites excluding steroid dienone is 2. The summed E-state index contributed by atoms with van der Waals surface area (Å²) in [7, 11) is 0. The van der Waals surface area contributed by atoms with Crippen LogP contribution in [0.15, 0.2) is 54.4 Å². The van der Waals surface area contributed by atoms with Crippen LogP contribution < -0.4 is 2.93 Å². The molecule has 0 bridgehead atoms. The van der Waals surface area contributed by atoms with Crippen LogP contribution in [0.5, 0.6) is 0 Å². The molecule has 1 saturated carbocycles. The molecule has 2 aromatic carbocycles. The summed E-state index contributed by atoms with van der Waals surface area (Å²) in [6.45, 7) is 13.1. The van der Waals surface area contributed by atoms with Gasteiger partial charge in [-0.25, -0.2) is 4.39 Å². The van der Waals surface area contributed by atoms with E-state index >= 15 is 0 Å². The molecule has 0 amide bonds. The number of hydrogen-bond acceptors (Lipinski definition) is 4. The second kappa shape index (κ2) is 17.0. The predicted octanol–water partition coefficient (Wildman–Crippen LogP) is 10.6. The summed E-state index contributed by atoms with van der Waals surface area (Å²) in [6, 6.07) is 16.9. The molecular weight excluding hydrogens is 873 g/mol. The molecule has 45 heavy (non-hydrogen) atoms. The monoisotopic (exact) mass is 923 g/mol. The normalized spacial score (nSPS) is 14.5. The number of fused-ring (bicyclic) bond motifs is 2. The molecule has 1 radical (unpaired) electrons. The third-order valence-corrected chi connectivity index (χ3v) is 14.8. The van der Waals surface area contributed by atoms with Crippen LogP contribution >= 0.6 is 11.3 Å². The number of aryl methyl sites for hydroxylation is 1. The van der Waals surface area contributed by atoms with Gasteiger partial charge in [0.25, 0.3) is 0 Å². The molecule has 245 valence electrons. The van der Waals surface area contributed by atoms with Crippen LogP contribution in [0, 0.1) is 18.9 Å². The summed E-state index contributed by atoms with van der Waals surface area (Å²) in [5, 5.41) is 13.4. The number of aliphatic hydroxyl groups excluding tert-OH is 1. The van der Waals surface area contributed by atoms with Crippen LogP contribution in [0.4, 0.5) is 4.39 Å². The van der Waals surface area contributed by atoms with Crippen molar-refractivity contribution >= 4 is 61.8 Å². The van der Waals surface area contributed by atoms with Crippen LogP contribution in [0.1, 0.15) is 104 Å². The molecule has 2 aromatic heterocycles. The number of nitrogens with zero attached hydrogens (tertiary/aromatic N) is 1. The number of carbonyl (C=O) groups excluding carboxylic acids is 1. The fourth-order valence-corrected chi connectivity index (χ4v) is 12.2. The summed E-state index contributed by atoms with van der Waals surface area (Å²) in [5.41, 5.74) is 3.28. The van der Waals surface area contributed by atoms with Gasteiger partial charge >= 0.3 is 195 Å². The zero-order valence-electron chi connectivity index (χ0n) is 27.6. The number of aromatic nitrogens is 1. The van der Waals surface area contributed by atoms with E-state index in [0.29, 0.717) is 5.92 Å². The molecule has 0 spiro atoms. The molecule has 0 atom stereocenters. The first-order valence-corrected chi connectivity index (χ1v) is 19.4. The Hall–Kier alpha value is -1.61. The minimum Gasteiger partial charge on any atom is 0 e. The Morgan fingerprint density at radius 2 is 1.80 bits per heavy atom. The second-order valence-electron chi connectivity index (χ2n) is 12.7. The van der Waals surface area contributed by atoms with Gasteiger partial charge in [-0.2, -0.15) is 0 Å². The molecule has 3 nitrogen and oxygen atoms in total. The first-order chi connectivity index (χ1) is 20.9.